The zero-order chi connectivity index (χ0) is 102. The van der Waals surface area contributed by atoms with Crippen molar-refractivity contribution >= 4 is 23.7 Å². The molecule has 846 valence electrons. The van der Waals surface area contributed by atoms with Crippen molar-refractivity contribution in [3.63, 3.8) is 0 Å². The predicted molar refractivity (Wildman–Crippen MR) is 520 cm³/mol. The zero-order valence-electron chi connectivity index (χ0n) is 86.5. The second-order valence-corrected chi connectivity index (χ2v) is 30.6. The molecule has 3 amide bonds. The smallest absolute Gasteiger partial charge is 0.326 e. The number of hydrogen-bond acceptors (Lipinski definition) is 42. The average molecular weight is 2070 g/mol. The van der Waals surface area contributed by atoms with E-state index in [1.165, 1.54) is 51.4 Å². The molecular formula is C96H190N4O42. The number of carbonyl (C=O) groups is 4. The van der Waals surface area contributed by atoms with Gasteiger partial charge in [0.15, 0.2) is 0 Å². The van der Waals surface area contributed by atoms with Crippen molar-refractivity contribution in [1.82, 2.24) is 16.0 Å². The first-order valence-corrected chi connectivity index (χ1v) is 51.6. The van der Waals surface area contributed by atoms with Crippen molar-refractivity contribution < 1.29 is 200 Å². The maximum absolute atomic E-state index is 12.3. The fourth-order valence-electron chi connectivity index (χ4n) is 11.4. The van der Waals surface area contributed by atoms with E-state index in [-0.39, 0.29) is 63.2 Å². The molecule has 0 rings (SSSR count). The molecule has 142 heavy (non-hydrogen) atoms. The summed E-state index contributed by atoms with van der Waals surface area (Å²) in [5.74, 6) is 3.05. The van der Waals surface area contributed by atoms with Crippen LogP contribution >= 0.6 is 0 Å². The third kappa shape index (κ3) is 125. The van der Waals surface area contributed by atoms with E-state index in [1.54, 1.807) is 0 Å². The number of rotatable bonds is 131. The van der Waals surface area contributed by atoms with Crippen LogP contribution < -0.4 is 21.8 Å². The van der Waals surface area contributed by atoms with Crippen molar-refractivity contribution in [1.29, 1.82) is 0 Å². The zero-order valence-corrected chi connectivity index (χ0v) is 86.5. The summed E-state index contributed by atoms with van der Waals surface area (Å²) in [6.07, 6.45) is 13.5. The molecule has 6 N–H and O–H groups in total. The van der Waals surface area contributed by atoms with Crippen LogP contribution in [0.2, 0.25) is 0 Å². The highest BCUT2D eigenvalue weighted by molar-refractivity contribution is 5.84. The Kier molecular flexibility index (Phi) is 125. The summed E-state index contributed by atoms with van der Waals surface area (Å²) in [5.41, 5.74) is 0. The Morgan fingerprint density at radius 2 is 0.331 bits per heavy atom. The number of unbranched alkanes of at least 4 members (excludes halogenated alkanes) is 10. The fraction of sp³-hybridized carbons (Fsp3) is 0.958. The Bertz CT molecular complexity index is 2380. The van der Waals surface area contributed by atoms with Crippen LogP contribution in [0.25, 0.3) is 0 Å². The molecule has 0 fully saturated rings. The number of hydrogen-bond donors (Lipinski definition) is 5. The highest BCUT2D eigenvalue weighted by Crippen LogP contribution is 2.13. The summed E-state index contributed by atoms with van der Waals surface area (Å²) in [6.45, 7) is 35.9. The molecular weight excluding hydrogens is 1880 g/mol. The van der Waals surface area contributed by atoms with Crippen LogP contribution in [0, 0.1) is 0 Å². The number of carbonyl (C=O) groups excluding carboxylic acids is 3. The molecule has 46 heteroatoms. The minimum Gasteiger partial charge on any atom is -0.480 e. The van der Waals surface area contributed by atoms with Gasteiger partial charge in [-0.2, -0.15) is 0 Å². The normalized spacial score (nSPS) is 11.9. The maximum Gasteiger partial charge on any atom is 0.326 e. The van der Waals surface area contributed by atoms with E-state index in [2.05, 4.69) is 27.7 Å². The molecule has 0 unspecified atom stereocenters. The van der Waals surface area contributed by atoms with Gasteiger partial charge in [0.25, 0.3) is 0 Å². The standard InChI is InChI=1S/C96H190N4O42/c1-2-3-4-5-6-7-8-9-10-11-12-13-95(103)100-92(96(104)105)14-15-93(101)98-17-20-107-23-25-109-27-29-111-31-33-113-35-37-115-39-41-117-43-45-119-47-49-121-51-53-123-55-57-125-59-61-127-63-65-129-67-69-131-71-73-133-75-77-135-79-81-137-83-85-139-87-89-141-91-90-140-88-86-138-84-82-136-80-78-134-76-74-132-72-70-130-68-66-128-64-62-126-60-58-124-56-54-122-52-50-120-48-46-118-44-42-116-40-38-114-36-34-112-32-30-110-28-26-108-24-22-106-19-16-94(102)99-18-21-142-97/h92H,2-91,97H2,1H3,(H,98,101)(H,99,102)(H,100,103)(H,104,105)/t92-/m0/s1. The molecule has 1 atom stereocenters. The van der Waals surface area contributed by atoms with E-state index in [4.69, 9.17) is 176 Å². The van der Waals surface area contributed by atoms with Crippen molar-refractivity contribution in [2.24, 2.45) is 5.90 Å². The lowest BCUT2D eigenvalue weighted by atomic mass is 10.0. The van der Waals surface area contributed by atoms with E-state index in [0.29, 0.717) is 476 Å². The molecule has 0 radical (unpaired) electrons. The van der Waals surface area contributed by atoms with Crippen LogP contribution in [0.4, 0.5) is 0 Å². The Hall–Kier alpha value is -3.64. The summed E-state index contributed by atoms with van der Waals surface area (Å²) in [7, 11) is 0. The fourth-order valence-corrected chi connectivity index (χ4v) is 11.4. The third-order valence-corrected chi connectivity index (χ3v) is 18.9. The molecule has 0 aromatic carbocycles. The van der Waals surface area contributed by atoms with Crippen LogP contribution in [0.5, 0.6) is 0 Å². The van der Waals surface area contributed by atoms with Gasteiger partial charge in [0.2, 0.25) is 17.7 Å². The lowest BCUT2D eigenvalue weighted by Crippen LogP contribution is -2.41. The van der Waals surface area contributed by atoms with E-state index in [9.17, 15) is 24.3 Å². The van der Waals surface area contributed by atoms with Crippen LogP contribution in [0.1, 0.15) is 103 Å². The van der Waals surface area contributed by atoms with Crippen molar-refractivity contribution in [2.45, 2.75) is 109 Å². The number of carboxylic acids is 1. The number of carboxylic acid groups (broad SMARTS) is 1. The highest BCUT2D eigenvalue weighted by atomic mass is 16.6. The van der Waals surface area contributed by atoms with Gasteiger partial charge in [-0.15, -0.1) is 0 Å². The number of amides is 3. The van der Waals surface area contributed by atoms with Crippen LogP contribution in [0.3, 0.4) is 0 Å². The Labute approximate surface area is 846 Å². The molecule has 0 heterocycles. The van der Waals surface area contributed by atoms with Gasteiger partial charge >= 0.3 is 5.97 Å². The molecule has 0 spiro atoms. The minimum absolute atomic E-state index is 0.0167. The van der Waals surface area contributed by atoms with Crippen molar-refractivity contribution in [2.75, 3.05) is 495 Å². The summed E-state index contributed by atoms with van der Waals surface area (Å²) in [4.78, 5) is 52.2. The van der Waals surface area contributed by atoms with Gasteiger partial charge in [-0.1, -0.05) is 71.1 Å². The SMILES string of the molecule is CCCCCCCCCCCCCC(=O)N[C@@H](CCC(=O)NCCOCCOCCOCCOCCOCCOCCOCCOCCOCCOCCOCCOCCOCCOCCOCCOCCOCCOCCOCCOCCOCCOCCOCCOCCOCCOCCOCCOCCOCCOCCOCCOCCOCCOCCOCCOCCC(=O)NCCON)C(=O)O. The third-order valence-electron chi connectivity index (χ3n) is 18.9. The molecule has 46 nitrogen and oxygen atoms in total. The van der Waals surface area contributed by atoms with E-state index in [0.717, 1.165) is 19.3 Å². The lowest BCUT2D eigenvalue weighted by Gasteiger charge is -2.14. The number of nitrogens with two attached hydrogens (primary N) is 1. The molecule has 0 aromatic heterocycles. The molecule has 0 aliphatic rings. The van der Waals surface area contributed by atoms with Gasteiger partial charge in [-0.3, -0.25) is 14.4 Å². The predicted octanol–water partition coefficient (Wildman–Crippen LogP) is 3.15. The monoisotopic (exact) mass is 2070 g/mol. The number of aliphatic carboxylic acids is 1. The van der Waals surface area contributed by atoms with Gasteiger partial charge < -0.3 is 196 Å². The molecule has 0 saturated carbocycles. The first-order chi connectivity index (χ1) is 70.4. The molecule has 0 saturated heterocycles. The van der Waals surface area contributed by atoms with Crippen LogP contribution in [-0.4, -0.2) is 530 Å². The van der Waals surface area contributed by atoms with Gasteiger partial charge in [0.1, 0.15) is 6.04 Å². The topological polar surface area (TPSA) is 492 Å². The quantitative estimate of drug-likeness (QED) is 0.0431. The van der Waals surface area contributed by atoms with Gasteiger partial charge in [0, 0.05) is 32.4 Å². The van der Waals surface area contributed by atoms with Crippen LogP contribution in [-0.2, 0) is 195 Å². The average Bonchev–Trinajstić information content (AvgIpc) is 0.928. The first-order valence-electron chi connectivity index (χ1n) is 51.6. The molecule has 0 aliphatic heterocycles. The molecule has 0 aliphatic carbocycles. The van der Waals surface area contributed by atoms with Crippen molar-refractivity contribution in [3.05, 3.63) is 0 Å². The second-order valence-electron chi connectivity index (χ2n) is 30.6. The molecule has 0 bridgehead atoms. The first kappa shape index (κ1) is 138. The Balaban J connectivity index is 3.17. The minimum atomic E-state index is -1.15. The lowest BCUT2D eigenvalue weighted by molar-refractivity contribution is -0.142. The van der Waals surface area contributed by atoms with Gasteiger partial charge in [0.05, 0.1) is 482 Å². The second kappa shape index (κ2) is 128. The summed E-state index contributed by atoms with van der Waals surface area (Å²) >= 11 is 0. The largest absolute Gasteiger partial charge is 0.480 e. The Morgan fingerprint density at radius 1 is 0.183 bits per heavy atom. The van der Waals surface area contributed by atoms with Crippen LogP contribution in [0.15, 0.2) is 0 Å². The van der Waals surface area contributed by atoms with E-state index < -0.39 is 12.0 Å². The molecule has 0 aromatic rings. The van der Waals surface area contributed by atoms with Gasteiger partial charge in [-0.25, -0.2) is 10.7 Å². The van der Waals surface area contributed by atoms with E-state index in [1.807, 2.05) is 0 Å². The number of nitrogens with one attached hydrogen (secondary N) is 3. The highest BCUT2D eigenvalue weighted by Gasteiger charge is 2.21. The van der Waals surface area contributed by atoms with E-state index >= 15 is 0 Å². The summed E-state index contributed by atoms with van der Waals surface area (Å²) in [6, 6.07) is -1.10. The summed E-state index contributed by atoms with van der Waals surface area (Å²) < 4.78 is 199. The van der Waals surface area contributed by atoms with Crippen molar-refractivity contribution in [3.8, 4) is 0 Å². The Morgan fingerprint density at radius 3 is 0.500 bits per heavy atom. The number of ether oxygens (including phenoxy) is 36. The van der Waals surface area contributed by atoms with Gasteiger partial charge in [-0.05, 0) is 12.8 Å². The maximum atomic E-state index is 12.3. The summed E-state index contributed by atoms with van der Waals surface area (Å²) in [5, 5.41) is 17.5.